The predicted molar refractivity (Wildman–Crippen MR) is 98.3 cm³/mol. The van der Waals surface area contributed by atoms with E-state index >= 15 is 0 Å². The van der Waals surface area contributed by atoms with Crippen molar-refractivity contribution in [3.05, 3.63) is 53.2 Å². The Morgan fingerprint density at radius 2 is 1.96 bits per heavy atom. The summed E-state index contributed by atoms with van der Waals surface area (Å²) in [5, 5.41) is 8.63. The number of thioether (sulfide) groups is 1. The molecular weight excluding hydrogens is 338 g/mol. The average molecular weight is 359 g/mol. The number of rotatable bonds is 6. The number of esters is 1. The number of hydrogen-bond donors (Lipinski definition) is 1. The van der Waals surface area contributed by atoms with Crippen molar-refractivity contribution in [3.8, 4) is 0 Å². The molecule has 0 fully saturated rings. The standard InChI is InChI=1S/C18H21N3O3S/c1-12-17(13(2)21(4)20-12)19-18(23)14(3)24-16(22)10-11-25-15-8-6-5-7-9-15/h5-11,14H,1-4H3,(H,19,23)/b11-10+/t14-/m1/s1. The first-order chi connectivity index (χ1) is 11.9. The number of anilines is 1. The maximum absolute atomic E-state index is 12.2. The number of carbonyl (C=O) groups excluding carboxylic acids is 2. The van der Waals surface area contributed by atoms with Crippen molar-refractivity contribution in [2.45, 2.75) is 31.8 Å². The van der Waals surface area contributed by atoms with E-state index in [1.54, 1.807) is 17.1 Å². The van der Waals surface area contributed by atoms with Crippen LogP contribution in [-0.4, -0.2) is 27.8 Å². The zero-order valence-electron chi connectivity index (χ0n) is 14.6. The number of aryl methyl sites for hydroxylation is 2. The van der Waals surface area contributed by atoms with Crippen LogP contribution in [-0.2, 0) is 21.4 Å². The minimum Gasteiger partial charge on any atom is -0.449 e. The van der Waals surface area contributed by atoms with Crippen LogP contribution in [0.2, 0.25) is 0 Å². The highest BCUT2D eigenvalue weighted by molar-refractivity contribution is 8.02. The molecule has 0 aliphatic carbocycles. The van der Waals surface area contributed by atoms with Crippen LogP contribution in [0.15, 0.2) is 46.7 Å². The van der Waals surface area contributed by atoms with Gasteiger partial charge in [-0.2, -0.15) is 5.10 Å². The number of nitrogens with zero attached hydrogens (tertiary/aromatic N) is 2. The minimum absolute atomic E-state index is 0.392. The third-order valence-electron chi connectivity index (χ3n) is 3.57. The van der Waals surface area contributed by atoms with E-state index in [4.69, 9.17) is 4.74 Å². The summed E-state index contributed by atoms with van der Waals surface area (Å²) in [4.78, 5) is 25.0. The Labute approximate surface area is 151 Å². The average Bonchev–Trinajstić information content (AvgIpc) is 2.82. The molecule has 0 spiro atoms. The molecule has 2 aromatic rings. The van der Waals surface area contributed by atoms with Gasteiger partial charge in [-0.3, -0.25) is 9.48 Å². The van der Waals surface area contributed by atoms with Gasteiger partial charge in [0, 0.05) is 18.0 Å². The molecule has 1 N–H and O–H groups in total. The maximum atomic E-state index is 12.2. The van der Waals surface area contributed by atoms with Crippen LogP contribution >= 0.6 is 11.8 Å². The molecule has 0 aliphatic rings. The quantitative estimate of drug-likeness (QED) is 0.487. The van der Waals surface area contributed by atoms with Crippen molar-refractivity contribution in [2.24, 2.45) is 7.05 Å². The van der Waals surface area contributed by atoms with Crippen molar-refractivity contribution < 1.29 is 14.3 Å². The monoisotopic (exact) mass is 359 g/mol. The van der Waals surface area contributed by atoms with Gasteiger partial charge in [-0.25, -0.2) is 4.79 Å². The molecule has 0 saturated carbocycles. The van der Waals surface area contributed by atoms with Crippen LogP contribution < -0.4 is 5.32 Å². The number of aromatic nitrogens is 2. The summed E-state index contributed by atoms with van der Waals surface area (Å²) in [5.41, 5.74) is 2.19. The summed E-state index contributed by atoms with van der Waals surface area (Å²) in [6, 6.07) is 9.64. The van der Waals surface area contributed by atoms with Crippen LogP contribution in [0, 0.1) is 13.8 Å². The maximum Gasteiger partial charge on any atom is 0.332 e. The highest BCUT2D eigenvalue weighted by Gasteiger charge is 2.20. The minimum atomic E-state index is -0.905. The van der Waals surface area contributed by atoms with E-state index in [1.165, 1.54) is 24.8 Å². The molecule has 132 valence electrons. The number of amides is 1. The van der Waals surface area contributed by atoms with Crippen molar-refractivity contribution in [3.63, 3.8) is 0 Å². The zero-order valence-corrected chi connectivity index (χ0v) is 15.5. The smallest absolute Gasteiger partial charge is 0.332 e. The number of nitrogens with one attached hydrogen (secondary N) is 1. The lowest BCUT2D eigenvalue weighted by atomic mass is 10.3. The highest BCUT2D eigenvalue weighted by atomic mass is 32.2. The second-order valence-electron chi connectivity index (χ2n) is 5.47. The van der Waals surface area contributed by atoms with E-state index < -0.39 is 18.0 Å². The van der Waals surface area contributed by atoms with E-state index in [0.29, 0.717) is 11.4 Å². The second-order valence-corrected chi connectivity index (χ2v) is 6.45. The summed E-state index contributed by atoms with van der Waals surface area (Å²) in [6.45, 7) is 5.20. The Balaban J connectivity index is 1.86. The number of benzene rings is 1. The molecule has 7 heteroatoms. The molecule has 0 saturated heterocycles. The summed E-state index contributed by atoms with van der Waals surface area (Å²) >= 11 is 1.40. The summed E-state index contributed by atoms with van der Waals surface area (Å²) in [7, 11) is 1.80. The molecule has 0 radical (unpaired) electrons. The molecule has 25 heavy (non-hydrogen) atoms. The van der Waals surface area contributed by atoms with Crippen LogP contribution in [0.25, 0.3) is 0 Å². The lowest BCUT2D eigenvalue weighted by Crippen LogP contribution is -2.29. The van der Waals surface area contributed by atoms with E-state index in [-0.39, 0.29) is 0 Å². The Hall–Kier alpha value is -2.54. The van der Waals surface area contributed by atoms with Gasteiger partial charge in [-0.15, -0.1) is 0 Å². The predicted octanol–water partition coefficient (Wildman–Crippen LogP) is 3.21. The molecule has 1 amide bonds. The first-order valence-corrected chi connectivity index (χ1v) is 8.66. The first-order valence-electron chi connectivity index (χ1n) is 7.78. The van der Waals surface area contributed by atoms with Gasteiger partial charge < -0.3 is 10.1 Å². The Bertz CT molecular complexity index is 784. The highest BCUT2D eigenvalue weighted by Crippen LogP contribution is 2.19. The van der Waals surface area contributed by atoms with E-state index in [1.807, 2.05) is 44.2 Å². The Morgan fingerprint density at radius 1 is 1.28 bits per heavy atom. The Morgan fingerprint density at radius 3 is 2.56 bits per heavy atom. The van der Waals surface area contributed by atoms with E-state index in [0.717, 1.165) is 10.6 Å². The van der Waals surface area contributed by atoms with Crippen LogP contribution in [0.1, 0.15) is 18.3 Å². The fourth-order valence-corrected chi connectivity index (χ4v) is 2.76. The number of ether oxygens (including phenoxy) is 1. The summed E-state index contributed by atoms with van der Waals surface area (Å²) < 4.78 is 6.82. The lowest BCUT2D eigenvalue weighted by Gasteiger charge is -2.12. The molecule has 1 aromatic carbocycles. The fraction of sp³-hybridized carbons (Fsp3) is 0.278. The normalized spacial score (nSPS) is 12.2. The van der Waals surface area contributed by atoms with Crippen molar-refractivity contribution >= 4 is 29.3 Å². The third-order valence-corrected chi connectivity index (χ3v) is 4.39. The topological polar surface area (TPSA) is 73.2 Å². The molecule has 2 rings (SSSR count). The third kappa shape index (κ3) is 5.22. The lowest BCUT2D eigenvalue weighted by molar-refractivity contribution is -0.148. The fourth-order valence-electron chi connectivity index (χ4n) is 2.11. The van der Waals surface area contributed by atoms with Gasteiger partial charge in [0.15, 0.2) is 6.10 Å². The largest absolute Gasteiger partial charge is 0.449 e. The second kappa shape index (κ2) is 8.53. The van der Waals surface area contributed by atoms with Crippen LogP contribution in [0.5, 0.6) is 0 Å². The molecule has 0 aliphatic heterocycles. The van der Waals surface area contributed by atoms with Gasteiger partial charge in [0.2, 0.25) is 0 Å². The molecule has 0 unspecified atom stereocenters. The van der Waals surface area contributed by atoms with Crippen molar-refractivity contribution in [2.75, 3.05) is 5.32 Å². The summed E-state index contributed by atoms with van der Waals surface area (Å²) in [6.07, 6.45) is 0.403. The van der Waals surface area contributed by atoms with Crippen molar-refractivity contribution in [1.29, 1.82) is 0 Å². The van der Waals surface area contributed by atoms with Gasteiger partial charge >= 0.3 is 5.97 Å². The van der Waals surface area contributed by atoms with Gasteiger partial charge in [-0.1, -0.05) is 30.0 Å². The molecule has 1 heterocycles. The molecule has 1 atom stereocenters. The SMILES string of the molecule is Cc1nn(C)c(C)c1NC(=O)[C@@H](C)OC(=O)/C=C/Sc1ccccc1. The number of carbonyl (C=O) groups is 2. The zero-order chi connectivity index (χ0) is 18.4. The molecular formula is C18H21N3O3S. The van der Waals surface area contributed by atoms with Crippen molar-refractivity contribution in [1.82, 2.24) is 9.78 Å². The number of hydrogen-bond acceptors (Lipinski definition) is 5. The summed E-state index contributed by atoms with van der Waals surface area (Å²) in [5.74, 6) is -0.956. The van der Waals surface area contributed by atoms with Crippen LogP contribution in [0.4, 0.5) is 5.69 Å². The molecule has 0 bridgehead atoms. The van der Waals surface area contributed by atoms with Gasteiger partial charge in [0.05, 0.1) is 17.1 Å². The van der Waals surface area contributed by atoms with Gasteiger partial charge in [-0.05, 0) is 38.3 Å². The van der Waals surface area contributed by atoms with Crippen LogP contribution in [0.3, 0.4) is 0 Å². The van der Waals surface area contributed by atoms with E-state index in [9.17, 15) is 9.59 Å². The van der Waals surface area contributed by atoms with E-state index in [2.05, 4.69) is 10.4 Å². The first kappa shape index (κ1) is 18.8. The van der Waals surface area contributed by atoms with Gasteiger partial charge in [0.1, 0.15) is 0 Å². The molecule has 1 aromatic heterocycles. The van der Waals surface area contributed by atoms with Gasteiger partial charge in [0.25, 0.3) is 5.91 Å². The molecule has 6 nitrogen and oxygen atoms in total. The Kier molecular flexibility index (Phi) is 6.41.